The lowest BCUT2D eigenvalue weighted by Crippen LogP contribution is -2.01. The molecular weight excluding hydrogens is 311 g/mol. The molecule has 0 aliphatic carbocycles. The summed E-state index contributed by atoms with van der Waals surface area (Å²) in [6.45, 7) is 6.77. The Balaban J connectivity index is 2.40. The maximum atomic E-state index is 6.48. The average Bonchev–Trinajstić information content (AvgIpc) is 2.88. The Bertz CT molecular complexity index is 608. The first kappa shape index (κ1) is 16.1. The summed E-state index contributed by atoms with van der Waals surface area (Å²) in [5, 5.41) is 0.0528. The fourth-order valence-corrected chi connectivity index (χ4v) is 2.64. The van der Waals surface area contributed by atoms with E-state index in [1.165, 1.54) is 0 Å². The van der Waals surface area contributed by atoms with E-state index in [1.54, 1.807) is 6.07 Å². The van der Waals surface area contributed by atoms with Crippen molar-refractivity contribution in [2.45, 2.75) is 26.1 Å². The van der Waals surface area contributed by atoms with Crippen molar-refractivity contribution in [1.29, 1.82) is 0 Å². The van der Waals surface area contributed by atoms with Crippen molar-refractivity contribution in [1.82, 2.24) is 0 Å². The molecule has 0 saturated carbocycles. The van der Waals surface area contributed by atoms with E-state index in [0.717, 1.165) is 11.3 Å². The van der Waals surface area contributed by atoms with Gasteiger partial charge in [0.2, 0.25) is 0 Å². The molecule has 0 saturated heterocycles. The number of aryl methyl sites for hydroxylation is 1. The van der Waals surface area contributed by atoms with E-state index in [2.05, 4.69) is 0 Å². The van der Waals surface area contributed by atoms with Crippen LogP contribution < -0.4 is 9.47 Å². The van der Waals surface area contributed by atoms with Gasteiger partial charge in [-0.1, -0.05) is 11.6 Å². The van der Waals surface area contributed by atoms with Crippen LogP contribution >= 0.6 is 23.2 Å². The molecule has 0 radical (unpaired) electrons. The lowest BCUT2D eigenvalue weighted by molar-refractivity contribution is 0.287. The summed E-state index contributed by atoms with van der Waals surface area (Å²) in [4.78, 5) is 0. The predicted octanol–water partition coefficient (Wildman–Crippen LogP) is 5.37. The number of halogens is 2. The molecule has 2 rings (SSSR count). The van der Waals surface area contributed by atoms with Crippen LogP contribution in [0.5, 0.6) is 11.5 Å². The minimum absolute atomic E-state index is 0.471. The van der Waals surface area contributed by atoms with E-state index < -0.39 is 5.38 Å². The Morgan fingerprint density at radius 1 is 1.10 bits per heavy atom. The van der Waals surface area contributed by atoms with Gasteiger partial charge < -0.3 is 13.9 Å². The zero-order valence-corrected chi connectivity index (χ0v) is 13.8. The molecule has 0 spiro atoms. The van der Waals surface area contributed by atoms with E-state index in [1.807, 2.05) is 39.0 Å². The molecule has 0 aliphatic rings. The summed E-state index contributed by atoms with van der Waals surface area (Å²) in [5.41, 5.74) is 0.736. The van der Waals surface area contributed by atoms with E-state index in [4.69, 9.17) is 37.1 Å². The Kier molecular flexibility index (Phi) is 5.43. The zero-order chi connectivity index (χ0) is 15.4. The van der Waals surface area contributed by atoms with Crippen molar-refractivity contribution < 1.29 is 13.9 Å². The Morgan fingerprint density at radius 3 is 2.24 bits per heavy atom. The van der Waals surface area contributed by atoms with E-state index in [-0.39, 0.29) is 0 Å². The molecule has 114 valence electrons. The van der Waals surface area contributed by atoms with Gasteiger partial charge in [0, 0.05) is 16.7 Å². The van der Waals surface area contributed by atoms with Crippen LogP contribution in [0.3, 0.4) is 0 Å². The summed E-state index contributed by atoms with van der Waals surface area (Å²) < 4.78 is 16.7. The van der Waals surface area contributed by atoms with Crippen LogP contribution in [0.4, 0.5) is 0 Å². The topological polar surface area (TPSA) is 31.6 Å². The highest BCUT2D eigenvalue weighted by atomic mass is 35.5. The van der Waals surface area contributed by atoms with Crippen molar-refractivity contribution >= 4 is 23.2 Å². The van der Waals surface area contributed by atoms with Crippen molar-refractivity contribution in [2.24, 2.45) is 0 Å². The monoisotopic (exact) mass is 328 g/mol. The number of benzene rings is 1. The number of hydrogen-bond donors (Lipinski definition) is 0. The van der Waals surface area contributed by atoms with Crippen molar-refractivity contribution in [3.63, 3.8) is 0 Å². The number of alkyl halides is 1. The second-order valence-electron chi connectivity index (χ2n) is 4.50. The lowest BCUT2D eigenvalue weighted by Gasteiger charge is -2.16. The Hall–Kier alpha value is -1.32. The molecule has 21 heavy (non-hydrogen) atoms. The van der Waals surface area contributed by atoms with E-state index >= 15 is 0 Å². The van der Waals surface area contributed by atoms with Crippen LogP contribution in [0.25, 0.3) is 0 Å². The fourth-order valence-electron chi connectivity index (χ4n) is 2.02. The normalized spacial score (nSPS) is 12.2. The molecule has 1 heterocycles. The molecule has 1 aromatic heterocycles. The second kappa shape index (κ2) is 7.10. The molecule has 0 bridgehead atoms. The largest absolute Gasteiger partial charge is 0.490 e. The zero-order valence-electron chi connectivity index (χ0n) is 12.3. The predicted molar refractivity (Wildman–Crippen MR) is 84.9 cm³/mol. The number of hydrogen-bond acceptors (Lipinski definition) is 3. The Morgan fingerprint density at radius 2 is 1.71 bits per heavy atom. The third-order valence-corrected chi connectivity index (χ3v) is 3.72. The molecular formula is C16H18Cl2O3. The van der Waals surface area contributed by atoms with Crippen molar-refractivity contribution in [3.8, 4) is 11.5 Å². The summed E-state index contributed by atoms with van der Waals surface area (Å²) >= 11 is 12.8. The van der Waals surface area contributed by atoms with Gasteiger partial charge in [0.15, 0.2) is 11.5 Å². The first-order valence-electron chi connectivity index (χ1n) is 6.86. The average molecular weight is 329 g/mol. The second-order valence-corrected chi connectivity index (χ2v) is 5.34. The highest BCUT2D eigenvalue weighted by molar-refractivity contribution is 6.33. The molecule has 1 unspecified atom stereocenters. The summed E-state index contributed by atoms with van der Waals surface area (Å²) in [6.07, 6.45) is 0. The smallest absolute Gasteiger partial charge is 0.162 e. The van der Waals surface area contributed by atoms with Crippen molar-refractivity contribution in [3.05, 3.63) is 46.4 Å². The molecule has 0 N–H and O–H groups in total. The first-order chi connectivity index (χ1) is 10.1. The summed E-state index contributed by atoms with van der Waals surface area (Å²) in [6, 6.07) is 7.26. The molecule has 1 aromatic carbocycles. The van der Waals surface area contributed by atoms with Gasteiger partial charge in [0.25, 0.3) is 0 Å². The van der Waals surface area contributed by atoms with Gasteiger partial charge in [-0.2, -0.15) is 0 Å². The van der Waals surface area contributed by atoms with Crippen LogP contribution in [0, 0.1) is 6.92 Å². The minimum atomic E-state index is -0.471. The van der Waals surface area contributed by atoms with Crippen LogP contribution in [0.1, 0.15) is 36.3 Å². The molecule has 5 heteroatoms. The van der Waals surface area contributed by atoms with Gasteiger partial charge in [0.1, 0.15) is 16.9 Å². The van der Waals surface area contributed by atoms with Gasteiger partial charge in [-0.25, -0.2) is 0 Å². The summed E-state index contributed by atoms with van der Waals surface area (Å²) in [5.74, 6) is 2.71. The molecule has 1 atom stereocenters. The maximum Gasteiger partial charge on any atom is 0.162 e. The lowest BCUT2D eigenvalue weighted by atomic mass is 10.1. The van der Waals surface area contributed by atoms with Gasteiger partial charge in [0.05, 0.1) is 13.2 Å². The molecule has 2 aromatic rings. The van der Waals surface area contributed by atoms with Crippen molar-refractivity contribution in [2.75, 3.05) is 13.2 Å². The van der Waals surface area contributed by atoms with E-state index in [9.17, 15) is 0 Å². The molecule has 0 amide bonds. The van der Waals surface area contributed by atoms with Crippen LogP contribution in [-0.2, 0) is 0 Å². The number of ether oxygens (including phenoxy) is 2. The summed E-state index contributed by atoms with van der Waals surface area (Å²) in [7, 11) is 0. The first-order valence-corrected chi connectivity index (χ1v) is 7.67. The Labute approximate surface area is 134 Å². The number of rotatable bonds is 6. The minimum Gasteiger partial charge on any atom is -0.490 e. The standard InChI is InChI=1S/C16H18Cl2O3/c1-4-19-14-8-11(12(17)9-15(14)20-5-2)16(18)13-7-6-10(3)21-13/h6-9,16H,4-5H2,1-3H3. The van der Waals surface area contributed by atoms with Gasteiger partial charge >= 0.3 is 0 Å². The maximum absolute atomic E-state index is 6.48. The van der Waals surface area contributed by atoms with Crippen LogP contribution in [0.2, 0.25) is 5.02 Å². The van der Waals surface area contributed by atoms with Gasteiger partial charge in [-0.05, 0) is 39.0 Å². The highest BCUT2D eigenvalue weighted by Gasteiger charge is 2.21. The fraction of sp³-hybridized carbons (Fsp3) is 0.375. The molecule has 0 fully saturated rings. The van der Waals surface area contributed by atoms with Gasteiger partial charge in [-0.3, -0.25) is 0 Å². The number of furan rings is 1. The SMILES string of the molecule is CCOc1cc(Cl)c(C(Cl)c2ccc(C)o2)cc1OCC. The van der Waals surface area contributed by atoms with Crippen LogP contribution in [-0.4, -0.2) is 13.2 Å². The quantitative estimate of drug-likeness (QED) is 0.668. The van der Waals surface area contributed by atoms with Gasteiger partial charge in [-0.15, -0.1) is 11.6 Å². The van der Waals surface area contributed by atoms with Crippen LogP contribution in [0.15, 0.2) is 28.7 Å². The molecule has 3 nitrogen and oxygen atoms in total. The van der Waals surface area contributed by atoms with E-state index in [0.29, 0.717) is 35.5 Å². The third kappa shape index (κ3) is 3.66. The highest BCUT2D eigenvalue weighted by Crippen LogP contribution is 2.41. The molecule has 0 aliphatic heterocycles. The third-order valence-electron chi connectivity index (χ3n) is 2.95.